The molecule has 5 heteroatoms. The summed E-state index contributed by atoms with van der Waals surface area (Å²) in [5, 5.41) is 12.5. The van der Waals surface area contributed by atoms with Crippen LogP contribution in [0.3, 0.4) is 0 Å². The van der Waals surface area contributed by atoms with Gasteiger partial charge in [-0.15, -0.1) is 0 Å². The Balaban J connectivity index is 2.08. The monoisotopic (exact) mass is 300 g/mol. The van der Waals surface area contributed by atoms with Crippen LogP contribution in [0.4, 0.5) is 5.69 Å². The minimum absolute atomic E-state index is 0.145. The maximum Gasteiger partial charge on any atom is 0.323 e. The smallest absolute Gasteiger partial charge is 0.323 e. The van der Waals surface area contributed by atoms with E-state index in [1.807, 2.05) is 60.7 Å². The molecular formula is C16H16N2O2S. The topological polar surface area (TPSA) is 52.6 Å². The Labute approximate surface area is 129 Å². The van der Waals surface area contributed by atoms with E-state index >= 15 is 0 Å². The van der Waals surface area contributed by atoms with Crippen molar-refractivity contribution in [3.63, 3.8) is 0 Å². The molecule has 0 atom stereocenters. The number of aliphatic carboxylic acids is 1. The zero-order valence-corrected chi connectivity index (χ0v) is 12.2. The lowest BCUT2D eigenvalue weighted by Gasteiger charge is -2.24. The van der Waals surface area contributed by atoms with E-state index in [2.05, 4.69) is 5.32 Å². The Morgan fingerprint density at radius 3 is 2.19 bits per heavy atom. The minimum Gasteiger partial charge on any atom is -0.480 e. The van der Waals surface area contributed by atoms with Crippen molar-refractivity contribution in [2.24, 2.45) is 0 Å². The number of rotatable bonds is 5. The Morgan fingerprint density at radius 2 is 1.62 bits per heavy atom. The number of para-hydroxylation sites is 1. The molecule has 4 nitrogen and oxygen atoms in total. The van der Waals surface area contributed by atoms with Gasteiger partial charge in [0.05, 0.1) is 0 Å². The summed E-state index contributed by atoms with van der Waals surface area (Å²) < 4.78 is 0. The Kier molecular flexibility index (Phi) is 5.29. The quantitative estimate of drug-likeness (QED) is 0.832. The summed E-state index contributed by atoms with van der Waals surface area (Å²) in [6.45, 7) is 0.305. The van der Waals surface area contributed by atoms with Crippen molar-refractivity contribution in [2.45, 2.75) is 6.54 Å². The predicted molar refractivity (Wildman–Crippen MR) is 87.2 cm³/mol. The fraction of sp³-hybridized carbons (Fsp3) is 0.125. The number of hydrogen-bond donors (Lipinski definition) is 2. The molecule has 0 aromatic heterocycles. The van der Waals surface area contributed by atoms with Crippen LogP contribution in [0.5, 0.6) is 0 Å². The Bertz CT molecular complexity index is 602. The number of hydrogen-bond acceptors (Lipinski definition) is 2. The first-order chi connectivity index (χ1) is 10.1. The number of benzene rings is 2. The lowest BCUT2D eigenvalue weighted by molar-refractivity contribution is -0.137. The number of nitrogens with one attached hydrogen (secondary N) is 1. The van der Waals surface area contributed by atoms with Crippen LogP contribution in [0.25, 0.3) is 0 Å². The van der Waals surface area contributed by atoms with Crippen molar-refractivity contribution in [3.8, 4) is 0 Å². The summed E-state index contributed by atoms with van der Waals surface area (Å²) >= 11 is 5.33. The lowest BCUT2D eigenvalue weighted by Crippen LogP contribution is -2.38. The highest BCUT2D eigenvalue weighted by molar-refractivity contribution is 7.80. The minimum atomic E-state index is -0.914. The molecule has 0 unspecified atom stereocenters. The molecular weight excluding hydrogens is 284 g/mol. The van der Waals surface area contributed by atoms with E-state index in [1.165, 1.54) is 0 Å². The van der Waals surface area contributed by atoms with Crippen molar-refractivity contribution in [1.29, 1.82) is 0 Å². The van der Waals surface area contributed by atoms with Crippen molar-refractivity contribution in [3.05, 3.63) is 66.2 Å². The van der Waals surface area contributed by atoms with E-state index < -0.39 is 5.97 Å². The first kappa shape index (κ1) is 15.0. The predicted octanol–water partition coefficient (Wildman–Crippen LogP) is 2.97. The van der Waals surface area contributed by atoms with E-state index in [0.29, 0.717) is 11.7 Å². The average Bonchev–Trinajstić information content (AvgIpc) is 2.48. The van der Waals surface area contributed by atoms with E-state index in [-0.39, 0.29) is 6.54 Å². The number of carboxylic acids is 1. The van der Waals surface area contributed by atoms with Gasteiger partial charge in [-0.25, -0.2) is 0 Å². The third kappa shape index (κ3) is 4.89. The first-order valence-corrected chi connectivity index (χ1v) is 6.92. The number of carbonyl (C=O) groups is 1. The first-order valence-electron chi connectivity index (χ1n) is 6.52. The molecule has 2 aromatic rings. The molecule has 0 aliphatic rings. The van der Waals surface area contributed by atoms with Crippen molar-refractivity contribution >= 4 is 29.0 Å². The molecule has 0 aliphatic carbocycles. The average molecular weight is 300 g/mol. The summed E-state index contributed by atoms with van der Waals surface area (Å²) in [4.78, 5) is 12.7. The van der Waals surface area contributed by atoms with Gasteiger partial charge in [-0.2, -0.15) is 0 Å². The van der Waals surface area contributed by atoms with Crippen LogP contribution in [0.2, 0.25) is 0 Å². The highest BCUT2D eigenvalue weighted by atomic mass is 32.1. The molecule has 0 amide bonds. The molecule has 0 saturated carbocycles. The van der Waals surface area contributed by atoms with E-state index in [1.54, 1.807) is 4.90 Å². The van der Waals surface area contributed by atoms with Crippen molar-refractivity contribution < 1.29 is 9.90 Å². The third-order valence-corrected chi connectivity index (χ3v) is 3.21. The molecule has 21 heavy (non-hydrogen) atoms. The number of thiocarbonyl (C=S) groups is 1. The van der Waals surface area contributed by atoms with Gasteiger partial charge in [0.1, 0.15) is 6.54 Å². The fourth-order valence-corrected chi connectivity index (χ4v) is 2.14. The number of anilines is 1. The zero-order valence-electron chi connectivity index (χ0n) is 11.4. The number of nitrogens with zero attached hydrogens (tertiary/aromatic N) is 1. The second-order valence-electron chi connectivity index (χ2n) is 4.53. The molecule has 0 spiro atoms. The molecule has 0 heterocycles. The largest absolute Gasteiger partial charge is 0.480 e. The van der Waals surface area contributed by atoms with Crippen LogP contribution in [0, 0.1) is 0 Å². The molecule has 0 fully saturated rings. The normalized spacial score (nSPS) is 9.90. The van der Waals surface area contributed by atoms with Crippen LogP contribution in [0.15, 0.2) is 60.7 Å². The number of carboxylic acid groups (broad SMARTS) is 1. The maximum absolute atomic E-state index is 11.0. The molecule has 2 N–H and O–H groups in total. The lowest BCUT2D eigenvalue weighted by atomic mass is 10.2. The molecule has 2 aromatic carbocycles. The summed E-state index contributed by atoms with van der Waals surface area (Å²) in [5.74, 6) is -0.914. The van der Waals surface area contributed by atoms with Crippen molar-refractivity contribution in [2.75, 3.05) is 11.9 Å². The second-order valence-corrected chi connectivity index (χ2v) is 4.92. The highest BCUT2D eigenvalue weighted by Gasteiger charge is 2.14. The van der Waals surface area contributed by atoms with Gasteiger partial charge < -0.3 is 15.3 Å². The van der Waals surface area contributed by atoms with Crippen LogP contribution >= 0.6 is 12.2 Å². The Hall–Kier alpha value is -2.40. The van der Waals surface area contributed by atoms with Gasteiger partial charge in [0.25, 0.3) is 0 Å². The van der Waals surface area contributed by atoms with Gasteiger partial charge in [-0.3, -0.25) is 4.79 Å². The summed E-state index contributed by atoms with van der Waals surface area (Å²) in [5.41, 5.74) is 1.85. The molecule has 0 radical (unpaired) electrons. The van der Waals surface area contributed by atoms with E-state index in [9.17, 15) is 4.79 Å². The highest BCUT2D eigenvalue weighted by Crippen LogP contribution is 2.10. The van der Waals surface area contributed by atoms with Gasteiger partial charge in [0, 0.05) is 12.2 Å². The van der Waals surface area contributed by atoms with Crippen LogP contribution in [-0.4, -0.2) is 27.6 Å². The van der Waals surface area contributed by atoms with Gasteiger partial charge in [-0.05, 0) is 29.9 Å². The van der Waals surface area contributed by atoms with Crippen LogP contribution in [-0.2, 0) is 11.3 Å². The Morgan fingerprint density at radius 1 is 1.05 bits per heavy atom. The maximum atomic E-state index is 11.0. The van der Waals surface area contributed by atoms with Gasteiger partial charge in [0.2, 0.25) is 0 Å². The van der Waals surface area contributed by atoms with Gasteiger partial charge >= 0.3 is 5.97 Å². The standard InChI is InChI=1S/C16H16N2O2S/c19-15(20)12-18(11-13-7-3-1-4-8-13)16(21)17-14-9-5-2-6-10-14/h1-10H,11-12H2,(H,17,21)(H,19,20). The third-order valence-electron chi connectivity index (χ3n) is 2.85. The molecule has 0 aliphatic heterocycles. The van der Waals surface area contributed by atoms with Gasteiger partial charge in [0.15, 0.2) is 5.11 Å². The van der Waals surface area contributed by atoms with Gasteiger partial charge in [-0.1, -0.05) is 48.5 Å². The molecule has 0 bridgehead atoms. The summed E-state index contributed by atoms with van der Waals surface area (Å²) in [6, 6.07) is 19.1. The van der Waals surface area contributed by atoms with Crippen molar-refractivity contribution in [1.82, 2.24) is 4.90 Å². The fourth-order valence-electron chi connectivity index (χ4n) is 1.89. The summed E-state index contributed by atoms with van der Waals surface area (Å²) in [7, 11) is 0. The van der Waals surface area contributed by atoms with E-state index in [0.717, 1.165) is 11.3 Å². The second kappa shape index (κ2) is 7.40. The molecule has 2 rings (SSSR count). The molecule has 108 valence electrons. The zero-order chi connectivity index (χ0) is 15.1. The molecule has 0 saturated heterocycles. The van der Waals surface area contributed by atoms with E-state index in [4.69, 9.17) is 17.3 Å². The SMILES string of the molecule is O=C(O)CN(Cc1ccccc1)C(=S)Nc1ccccc1. The van der Waals surface area contributed by atoms with Crippen LogP contribution < -0.4 is 5.32 Å². The van der Waals surface area contributed by atoms with Crippen LogP contribution in [0.1, 0.15) is 5.56 Å². The summed E-state index contributed by atoms with van der Waals surface area (Å²) in [6.07, 6.45) is 0.